The number of ether oxygens (including phenoxy) is 4. The molecule has 2 aliphatic rings. The maximum atomic E-state index is 13.9. The van der Waals surface area contributed by atoms with E-state index in [4.69, 9.17) is 18.9 Å². The van der Waals surface area contributed by atoms with E-state index in [1.807, 2.05) is 73.7 Å². The maximum absolute atomic E-state index is 13.9. The number of benzene rings is 3. The Morgan fingerprint density at radius 1 is 0.875 bits per heavy atom. The topological polar surface area (TPSA) is 83.1 Å². The van der Waals surface area contributed by atoms with Crippen LogP contribution in [0.5, 0.6) is 17.2 Å². The minimum Gasteiger partial charge on any atom is -0.497 e. The Hall–Kier alpha value is -4.52. The summed E-state index contributed by atoms with van der Waals surface area (Å²) in [6, 6.07) is 22.8. The third kappa shape index (κ3) is 5.32. The van der Waals surface area contributed by atoms with E-state index >= 15 is 0 Å². The highest BCUT2D eigenvalue weighted by molar-refractivity contribution is 6.04. The van der Waals surface area contributed by atoms with Crippen molar-refractivity contribution in [2.75, 3.05) is 21.3 Å². The second-order valence-corrected chi connectivity index (χ2v) is 9.96. The maximum Gasteiger partial charge on any atom is 0.337 e. The van der Waals surface area contributed by atoms with Crippen LogP contribution in [0.3, 0.4) is 0 Å². The van der Waals surface area contributed by atoms with E-state index in [1.54, 1.807) is 27.4 Å². The van der Waals surface area contributed by atoms with E-state index in [9.17, 15) is 9.59 Å². The summed E-state index contributed by atoms with van der Waals surface area (Å²) >= 11 is 0. The molecule has 0 bridgehead atoms. The molecule has 40 heavy (non-hydrogen) atoms. The van der Waals surface area contributed by atoms with Crippen LogP contribution in [0.25, 0.3) is 0 Å². The van der Waals surface area contributed by atoms with Crippen molar-refractivity contribution >= 4 is 11.8 Å². The van der Waals surface area contributed by atoms with Gasteiger partial charge in [0.05, 0.1) is 32.8 Å². The second kappa shape index (κ2) is 11.7. The van der Waals surface area contributed by atoms with Crippen molar-refractivity contribution in [3.8, 4) is 17.2 Å². The van der Waals surface area contributed by atoms with Crippen LogP contribution < -0.4 is 19.5 Å². The summed E-state index contributed by atoms with van der Waals surface area (Å²) in [7, 11) is 4.79. The summed E-state index contributed by atoms with van der Waals surface area (Å²) < 4.78 is 22.2. The van der Waals surface area contributed by atoms with Crippen molar-refractivity contribution in [3.05, 3.63) is 112 Å². The second-order valence-electron chi connectivity index (χ2n) is 9.96. The number of Topliss-reactive ketones (excluding diaryl/α,β-unsaturated/α-hetero) is 1. The molecule has 1 N–H and O–H groups in total. The van der Waals surface area contributed by atoms with Gasteiger partial charge in [0.1, 0.15) is 23.9 Å². The number of ketones is 1. The molecule has 0 saturated carbocycles. The van der Waals surface area contributed by atoms with E-state index in [-0.39, 0.29) is 18.3 Å². The van der Waals surface area contributed by atoms with Gasteiger partial charge in [-0.05, 0) is 48.6 Å². The van der Waals surface area contributed by atoms with E-state index in [2.05, 4.69) is 5.32 Å². The van der Waals surface area contributed by atoms with Gasteiger partial charge >= 0.3 is 5.97 Å². The molecule has 0 fully saturated rings. The first-order valence-electron chi connectivity index (χ1n) is 13.2. The number of nitrogens with one attached hydrogen (secondary N) is 1. The van der Waals surface area contributed by atoms with Gasteiger partial charge in [0, 0.05) is 35.0 Å². The van der Waals surface area contributed by atoms with Crippen LogP contribution in [0.1, 0.15) is 48.3 Å². The molecule has 7 heteroatoms. The zero-order valence-electron chi connectivity index (χ0n) is 23.2. The predicted octanol–water partition coefficient (Wildman–Crippen LogP) is 5.82. The van der Waals surface area contributed by atoms with Crippen LogP contribution >= 0.6 is 0 Å². The number of allylic oxidation sites excluding steroid dienone is 3. The van der Waals surface area contributed by atoms with Gasteiger partial charge in [0.15, 0.2) is 5.78 Å². The van der Waals surface area contributed by atoms with Crippen molar-refractivity contribution in [2.45, 2.75) is 38.2 Å². The average Bonchev–Trinajstić information content (AvgIpc) is 2.99. The van der Waals surface area contributed by atoms with Gasteiger partial charge in [-0.25, -0.2) is 4.79 Å². The number of methoxy groups -OCH3 is 3. The van der Waals surface area contributed by atoms with Crippen molar-refractivity contribution in [3.63, 3.8) is 0 Å². The van der Waals surface area contributed by atoms with Gasteiger partial charge in [0.25, 0.3) is 0 Å². The quantitative estimate of drug-likeness (QED) is 0.361. The molecular formula is C33H33NO6. The molecule has 0 saturated heterocycles. The summed E-state index contributed by atoms with van der Waals surface area (Å²) in [5.41, 5.74) is 5.10. The lowest BCUT2D eigenvalue weighted by Crippen LogP contribution is -2.36. The summed E-state index contributed by atoms with van der Waals surface area (Å²) in [5, 5.41) is 3.41. The van der Waals surface area contributed by atoms with Gasteiger partial charge in [-0.15, -0.1) is 0 Å². The van der Waals surface area contributed by atoms with Crippen molar-refractivity contribution in [2.24, 2.45) is 0 Å². The zero-order valence-corrected chi connectivity index (χ0v) is 23.2. The van der Waals surface area contributed by atoms with Crippen LogP contribution in [-0.4, -0.2) is 33.1 Å². The molecule has 2 atom stereocenters. The lowest BCUT2D eigenvalue weighted by molar-refractivity contribution is -0.140. The van der Waals surface area contributed by atoms with Crippen LogP contribution in [0, 0.1) is 0 Å². The first kappa shape index (κ1) is 27.1. The highest BCUT2D eigenvalue weighted by Crippen LogP contribution is 2.48. The predicted molar refractivity (Wildman–Crippen MR) is 151 cm³/mol. The summed E-state index contributed by atoms with van der Waals surface area (Å²) in [4.78, 5) is 27.6. The van der Waals surface area contributed by atoms with Crippen molar-refractivity contribution < 1.29 is 28.5 Å². The molecule has 3 aromatic carbocycles. The number of esters is 1. The molecule has 0 radical (unpaired) electrons. The monoisotopic (exact) mass is 539 g/mol. The number of carbonyl (C=O) groups excluding carboxylic acids is 2. The minimum absolute atomic E-state index is 0.00227. The smallest absolute Gasteiger partial charge is 0.337 e. The molecule has 3 aromatic rings. The molecule has 7 nitrogen and oxygen atoms in total. The highest BCUT2D eigenvalue weighted by atomic mass is 16.5. The van der Waals surface area contributed by atoms with Crippen molar-refractivity contribution in [1.82, 2.24) is 5.32 Å². The number of rotatable bonds is 8. The SMILES string of the molecule is COc1ccc([C@@H]2CC(=O)C3=C(C2)NC(C)=C(C(=O)OCc2ccccc2)[C@@H]3c2ccc(OC)cc2OC)cc1. The summed E-state index contributed by atoms with van der Waals surface area (Å²) in [6.07, 6.45) is 0.958. The first-order valence-corrected chi connectivity index (χ1v) is 13.2. The van der Waals surface area contributed by atoms with Gasteiger partial charge in [-0.1, -0.05) is 48.5 Å². The molecule has 0 spiro atoms. The number of hydrogen-bond acceptors (Lipinski definition) is 7. The molecule has 1 aliphatic heterocycles. The molecule has 0 unspecified atom stereocenters. The largest absolute Gasteiger partial charge is 0.497 e. The number of hydrogen-bond donors (Lipinski definition) is 1. The third-order valence-electron chi connectivity index (χ3n) is 7.60. The van der Waals surface area contributed by atoms with Crippen LogP contribution in [0.15, 0.2) is 95.3 Å². The fraction of sp³-hybridized carbons (Fsp3) is 0.273. The van der Waals surface area contributed by atoms with E-state index in [1.165, 1.54) is 0 Å². The third-order valence-corrected chi connectivity index (χ3v) is 7.60. The van der Waals surface area contributed by atoms with Crippen molar-refractivity contribution in [1.29, 1.82) is 0 Å². The zero-order chi connectivity index (χ0) is 28.2. The fourth-order valence-corrected chi connectivity index (χ4v) is 5.59. The fourth-order valence-electron chi connectivity index (χ4n) is 5.59. The Labute approximate surface area is 234 Å². The normalized spacial score (nSPS) is 18.6. The Balaban J connectivity index is 1.55. The summed E-state index contributed by atoms with van der Waals surface area (Å²) in [5.74, 6) is 0.779. The van der Waals surface area contributed by atoms with Gasteiger partial charge in [0.2, 0.25) is 0 Å². The van der Waals surface area contributed by atoms with E-state index < -0.39 is 11.9 Å². The molecule has 1 aliphatic carbocycles. The Bertz CT molecular complexity index is 1470. The average molecular weight is 540 g/mol. The van der Waals surface area contributed by atoms with E-state index in [0.717, 1.165) is 22.6 Å². The molecule has 5 rings (SSSR count). The van der Waals surface area contributed by atoms with Gasteiger partial charge < -0.3 is 24.3 Å². The molecule has 0 amide bonds. The van der Waals surface area contributed by atoms with Crippen LogP contribution in [0.2, 0.25) is 0 Å². The number of carbonyl (C=O) groups is 2. The Morgan fingerprint density at radius 3 is 2.25 bits per heavy atom. The lowest BCUT2D eigenvalue weighted by Gasteiger charge is -2.37. The molecule has 206 valence electrons. The molecule has 1 heterocycles. The van der Waals surface area contributed by atoms with Gasteiger partial charge in [-0.3, -0.25) is 4.79 Å². The Morgan fingerprint density at radius 2 is 1.57 bits per heavy atom. The standard InChI is InChI=1S/C33H33NO6/c1-20-30(33(36)40-19-21-8-6-5-7-9-21)31(26-15-14-25(38-3)18-29(26)39-4)32-27(34-20)16-23(17-28(32)35)22-10-12-24(37-2)13-11-22/h5-15,18,23,31,34H,16-17,19H2,1-4H3/t23-,31-/m0/s1. The van der Waals surface area contributed by atoms with Crippen LogP contribution in [0.4, 0.5) is 0 Å². The molecule has 0 aromatic heterocycles. The number of dihydropyridines is 1. The minimum atomic E-state index is -0.648. The van der Waals surface area contributed by atoms with Gasteiger partial charge in [-0.2, -0.15) is 0 Å². The van der Waals surface area contributed by atoms with E-state index in [0.29, 0.717) is 46.7 Å². The first-order chi connectivity index (χ1) is 19.4. The lowest BCUT2D eigenvalue weighted by atomic mass is 9.71. The Kier molecular flexibility index (Phi) is 7.91. The summed E-state index contributed by atoms with van der Waals surface area (Å²) in [6.45, 7) is 1.98. The van der Waals surface area contributed by atoms with Crippen LogP contribution in [-0.2, 0) is 20.9 Å². The highest BCUT2D eigenvalue weighted by Gasteiger charge is 2.42. The molecular weight excluding hydrogens is 506 g/mol.